The third-order valence-corrected chi connectivity index (χ3v) is 4.07. The van der Waals surface area contributed by atoms with Crippen LogP contribution in [0, 0.1) is 6.92 Å². The average Bonchev–Trinajstić information content (AvgIpc) is 2.91. The molecule has 0 fully saturated rings. The van der Waals surface area contributed by atoms with Crippen LogP contribution in [0.15, 0.2) is 50.0 Å². The molecule has 4 nitrogen and oxygen atoms in total. The van der Waals surface area contributed by atoms with E-state index in [2.05, 4.69) is 26.1 Å². The predicted octanol–water partition coefficient (Wildman–Crippen LogP) is 2.47. The summed E-state index contributed by atoms with van der Waals surface area (Å²) in [5.41, 5.74) is 2.57. The van der Waals surface area contributed by atoms with Crippen LogP contribution < -0.4 is 10.5 Å². The summed E-state index contributed by atoms with van der Waals surface area (Å²) in [5, 5.41) is 1.01. The summed E-state index contributed by atoms with van der Waals surface area (Å²) in [6.07, 6.45) is 0.923. The lowest BCUT2D eigenvalue weighted by molar-refractivity contribution is -0.908. The van der Waals surface area contributed by atoms with E-state index in [1.165, 1.54) is 10.5 Å². The second kappa shape index (κ2) is 6.42. The van der Waals surface area contributed by atoms with Gasteiger partial charge in [-0.2, -0.15) is 0 Å². The van der Waals surface area contributed by atoms with Gasteiger partial charge in [0.05, 0.1) is 7.05 Å². The van der Waals surface area contributed by atoms with Gasteiger partial charge in [-0.1, -0.05) is 19.1 Å². The number of furan rings is 1. The number of fused-ring (bicyclic) bond motifs is 1. The second-order valence-electron chi connectivity index (χ2n) is 6.10. The molecule has 1 N–H and O–H groups in total. The van der Waals surface area contributed by atoms with Crippen molar-refractivity contribution in [2.45, 2.75) is 33.4 Å². The number of hydrogen-bond acceptors (Lipinski definition) is 3. The van der Waals surface area contributed by atoms with E-state index in [1.54, 1.807) is 6.07 Å². The van der Waals surface area contributed by atoms with Crippen LogP contribution in [-0.2, 0) is 19.5 Å². The topological polar surface area (TPSA) is 47.8 Å². The van der Waals surface area contributed by atoms with Crippen LogP contribution in [-0.4, -0.2) is 7.05 Å². The van der Waals surface area contributed by atoms with Gasteiger partial charge in [-0.25, -0.2) is 4.79 Å². The zero-order valence-corrected chi connectivity index (χ0v) is 13.8. The molecule has 3 aromatic rings. The minimum absolute atomic E-state index is 0.289. The first-order chi connectivity index (χ1) is 11.0. The highest BCUT2D eigenvalue weighted by Crippen LogP contribution is 2.18. The maximum absolute atomic E-state index is 11.9. The summed E-state index contributed by atoms with van der Waals surface area (Å²) >= 11 is 0. The summed E-state index contributed by atoms with van der Waals surface area (Å²) in [5.74, 6) is 1.88. The summed E-state index contributed by atoms with van der Waals surface area (Å²) in [6.45, 7) is 5.56. The molecule has 0 amide bonds. The fourth-order valence-corrected chi connectivity index (χ4v) is 2.91. The van der Waals surface area contributed by atoms with E-state index in [1.807, 2.05) is 25.1 Å². The molecule has 1 aromatic carbocycles. The van der Waals surface area contributed by atoms with Crippen molar-refractivity contribution in [2.24, 2.45) is 0 Å². The molecule has 3 rings (SSSR count). The molecule has 0 bridgehead atoms. The molecule has 2 heterocycles. The van der Waals surface area contributed by atoms with E-state index in [0.717, 1.165) is 42.0 Å². The molecule has 23 heavy (non-hydrogen) atoms. The van der Waals surface area contributed by atoms with Crippen molar-refractivity contribution in [3.63, 3.8) is 0 Å². The van der Waals surface area contributed by atoms with Gasteiger partial charge in [0.2, 0.25) is 0 Å². The highest BCUT2D eigenvalue weighted by Gasteiger charge is 2.13. The molecule has 1 atom stereocenters. The van der Waals surface area contributed by atoms with Gasteiger partial charge < -0.3 is 13.7 Å². The zero-order chi connectivity index (χ0) is 16.4. The van der Waals surface area contributed by atoms with Crippen molar-refractivity contribution in [2.75, 3.05) is 7.05 Å². The van der Waals surface area contributed by atoms with E-state index >= 15 is 0 Å². The molecule has 0 saturated heterocycles. The number of quaternary nitrogens is 1. The third-order valence-electron chi connectivity index (χ3n) is 4.07. The first-order valence-corrected chi connectivity index (χ1v) is 7.97. The van der Waals surface area contributed by atoms with Crippen molar-refractivity contribution in [1.82, 2.24) is 0 Å². The molecule has 0 aliphatic heterocycles. The zero-order valence-electron chi connectivity index (χ0n) is 13.8. The number of nitrogens with one attached hydrogen (secondary N) is 1. The summed E-state index contributed by atoms with van der Waals surface area (Å²) in [4.78, 5) is 13.1. The minimum Gasteiger partial charge on any atom is -0.460 e. The van der Waals surface area contributed by atoms with Gasteiger partial charge in [-0.3, -0.25) is 0 Å². The van der Waals surface area contributed by atoms with Crippen LogP contribution in [0.1, 0.15) is 29.6 Å². The van der Waals surface area contributed by atoms with Crippen molar-refractivity contribution in [3.05, 3.63) is 69.5 Å². The van der Waals surface area contributed by atoms with Crippen LogP contribution in [0.25, 0.3) is 11.0 Å². The highest BCUT2D eigenvalue weighted by molar-refractivity contribution is 5.80. The molecule has 2 aromatic heterocycles. The maximum Gasteiger partial charge on any atom is 0.336 e. The third kappa shape index (κ3) is 3.54. The lowest BCUT2D eigenvalue weighted by Crippen LogP contribution is -3.06. The maximum atomic E-state index is 11.9. The van der Waals surface area contributed by atoms with Crippen LogP contribution in [0.2, 0.25) is 0 Å². The number of benzene rings is 1. The van der Waals surface area contributed by atoms with Gasteiger partial charge in [0.1, 0.15) is 24.4 Å². The Bertz CT molecular complexity index is 876. The molecule has 0 spiro atoms. The minimum atomic E-state index is -0.289. The van der Waals surface area contributed by atoms with E-state index in [-0.39, 0.29) is 5.63 Å². The van der Waals surface area contributed by atoms with Gasteiger partial charge >= 0.3 is 5.63 Å². The number of hydrogen-bond donors (Lipinski definition) is 1. The number of aryl methyl sites for hydroxylation is 2. The Hall–Kier alpha value is -2.33. The average molecular weight is 312 g/mol. The lowest BCUT2D eigenvalue weighted by Gasteiger charge is -2.14. The van der Waals surface area contributed by atoms with Gasteiger partial charge in [-0.15, -0.1) is 0 Å². The van der Waals surface area contributed by atoms with Crippen molar-refractivity contribution in [3.8, 4) is 0 Å². The standard InChI is InChI=1S/C19H21NO3/c1-4-14-6-8-17-15(10-19(21)23-18(17)9-14)11-20(3)12-16-7-5-13(2)22-16/h5-10H,4,11-12H2,1-3H3/p+1. The predicted molar refractivity (Wildman–Crippen MR) is 89.6 cm³/mol. The fraction of sp³-hybridized carbons (Fsp3) is 0.316. The first kappa shape index (κ1) is 15.6. The van der Waals surface area contributed by atoms with Crippen LogP contribution in [0.5, 0.6) is 0 Å². The molecule has 0 aliphatic rings. The van der Waals surface area contributed by atoms with E-state index in [9.17, 15) is 4.79 Å². The second-order valence-corrected chi connectivity index (χ2v) is 6.10. The monoisotopic (exact) mass is 312 g/mol. The Morgan fingerprint density at radius 2 is 1.87 bits per heavy atom. The van der Waals surface area contributed by atoms with Crippen molar-refractivity contribution in [1.29, 1.82) is 0 Å². The Kier molecular flexibility index (Phi) is 4.35. The molecule has 0 saturated carbocycles. The van der Waals surface area contributed by atoms with Gasteiger partial charge in [0.15, 0.2) is 5.76 Å². The van der Waals surface area contributed by atoms with Crippen LogP contribution in [0.4, 0.5) is 0 Å². The normalized spacial score (nSPS) is 12.7. The van der Waals surface area contributed by atoms with Crippen molar-refractivity contribution < 1.29 is 13.7 Å². The van der Waals surface area contributed by atoms with E-state index in [4.69, 9.17) is 8.83 Å². The molecular weight excluding hydrogens is 290 g/mol. The van der Waals surface area contributed by atoms with Gasteiger partial charge in [0.25, 0.3) is 0 Å². The smallest absolute Gasteiger partial charge is 0.336 e. The quantitative estimate of drug-likeness (QED) is 0.736. The Morgan fingerprint density at radius 1 is 1.04 bits per heavy atom. The van der Waals surface area contributed by atoms with Crippen LogP contribution in [0.3, 0.4) is 0 Å². The van der Waals surface area contributed by atoms with E-state index < -0.39 is 0 Å². The molecular formula is C19H22NO3+. The molecule has 120 valence electrons. The Morgan fingerprint density at radius 3 is 2.57 bits per heavy atom. The summed E-state index contributed by atoms with van der Waals surface area (Å²) in [6, 6.07) is 11.7. The van der Waals surface area contributed by atoms with Crippen LogP contribution >= 0.6 is 0 Å². The SMILES string of the molecule is CCc1ccc2c(C[NH+](C)Cc3ccc(C)o3)cc(=O)oc2c1. The Labute approximate surface area is 135 Å². The Balaban J connectivity index is 1.88. The summed E-state index contributed by atoms with van der Waals surface area (Å²) < 4.78 is 11.0. The molecule has 0 aliphatic carbocycles. The largest absolute Gasteiger partial charge is 0.460 e. The number of rotatable bonds is 5. The van der Waals surface area contributed by atoms with Gasteiger partial charge in [-0.05, 0) is 37.1 Å². The molecule has 4 heteroatoms. The van der Waals surface area contributed by atoms with Crippen molar-refractivity contribution >= 4 is 11.0 Å². The lowest BCUT2D eigenvalue weighted by atomic mass is 10.1. The van der Waals surface area contributed by atoms with Gasteiger partial charge in [0, 0.05) is 17.0 Å². The fourth-order valence-electron chi connectivity index (χ4n) is 2.91. The van der Waals surface area contributed by atoms with E-state index in [0.29, 0.717) is 5.58 Å². The molecule has 1 unspecified atom stereocenters. The first-order valence-electron chi connectivity index (χ1n) is 7.97. The molecule has 0 radical (unpaired) electrons. The summed E-state index contributed by atoms with van der Waals surface area (Å²) in [7, 11) is 2.10. The highest BCUT2D eigenvalue weighted by atomic mass is 16.4.